The molecular weight excluding hydrogens is 560 g/mol. The van der Waals surface area contributed by atoms with Crippen LogP contribution in [0.1, 0.15) is 54.6 Å². The summed E-state index contributed by atoms with van der Waals surface area (Å²) in [5.74, 6) is 1.94. The van der Waals surface area contributed by atoms with Crippen molar-refractivity contribution in [3.8, 4) is 5.69 Å². The van der Waals surface area contributed by atoms with Gasteiger partial charge in [-0.2, -0.15) is 5.10 Å². The average molecular weight is 589 g/mol. The van der Waals surface area contributed by atoms with Gasteiger partial charge in [0.05, 0.1) is 21.8 Å². The Labute approximate surface area is 243 Å². The first-order chi connectivity index (χ1) is 19.8. The monoisotopic (exact) mass is 588 g/mol. The Morgan fingerprint density at radius 1 is 0.878 bits per heavy atom. The van der Waals surface area contributed by atoms with Crippen LogP contribution in [0, 0.1) is 17.8 Å². The first-order valence-corrected chi connectivity index (χ1v) is 15.7. The number of halogens is 1. The summed E-state index contributed by atoms with van der Waals surface area (Å²) in [5.41, 5.74) is 2.80. The highest BCUT2D eigenvalue weighted by atomic mass is 35.5. The van der Waals surface area contributed by atoms with Gasteiger partial charge in [-0.25, -0.2) is 13.1 Å². The highest BCUT2D eigenvalue weighted by Crippen LogP contribution is 2.61. The van der Waals surface area contributed by atoms with Crippen LogP contribution in [0.5, 0.6) is 0 Å². The Morgan fingerprint density at radius 2 is 1.54 bits per heavy atom. The molecule has 2 heterocycles. The fraction of sp³-hybridized carbons (Fsp3) is 0.333. The highest BCUT2D eigenvalue weighted by Gasteiger charge is 2.54. The van der Waals surface area contributed by atoms with Crippen molar-refractivity contribution >= 4 is 39.0 Å². The standard InChI is InChI=1S/C30H29ClN6O3S/c31-26-10-11-27(34-33-26)36-41(39,40)24-8-6-22(7-9-24)32-29(38)25-18-37(23-4-2-1-3-5-23)35-28(25)30-15-19-12-20(16-30)14-21(13-19)17-30/h1-11,18-21H,12-17H2,(H,32,38)(H,34,36). The first-order valence-electron chi connectivity index (χ1n) is 13.9. The molecule has 210 valence electrons. The molecule has 8 rings (SSSR count). The molecule has 0 atom stereocenters. The SMILES string of the molecule is O=C(Nc1ccc(S(=O)(=O)Nc2ccc(Cl)nn2)cc1)c1cn(-c2ccccc2)nc1C12CC3CC(CC(C3)C1)C2. The van der Waals surface area contributed by atoms with Crippen molar-refractivity contribution in [1.82, 2.24) is 20.0 Å². The maximum atomic E-state index is 13.8. The summed E-state index contributed by atoms with van der Waals surface area (Å²) in [5, 5.41) is 15.6. The van der Waals surface area contributed by atoms with E-state index in [1.165, 1.54) is 43.5 Å². The number of nitrogens with one attached hydrogen (secondary N) is 2. The molecule has 4 bridgehead atoms. The van der Waals surface area contributed by atoms with Crippen molar-refractivity contribution in [1.29, 1.82) is 0 Å². The van der Waals surface area contributed by atoms with Crippen molar-refractivity contribution in [2.75, 3.05) is 10.0 Å². The number of rotatable bonds is 7. The second-order valence-corrected chi connectivity index (χ2v) is 13.8. The maximum absolute atomic E-state index is 13.8. The maximum Gasteiger partial charge on any atom is 0.263 e. The van der Waals surface area contributed by atoms with E-state index in [0.29, 0.717) is 29.0 Å². The number of carbonyl (C=O) groups excluding carboxylic acids is 1. The van der Waals surface area contributed by atoms with Crippen LogP contribution in [-0.2, 0) is 15.4 Å². The van der Waals surface area contributed by atoms with Gasteiger partial charge in [0, 0.05) is 17.3 Å². The molecule has 4 aliphatic rings. The zero-order valence-corrected chi connectivity index (χ0v) is 23.8. The number of hydrogen-bond acceptors (Lipinski definition) is 6. The number of benzene rings is 2. The molecule has 2 N–H and O–H groups in total. The first kappa shape index (κ1) is 26.2. The minimum Gasteiger partial charge on any atom is -0.322 e. The number of para-hydroxylation sites is 1. The minimum absolute atomic E-state index is 0.0263. The smallest absolute Gasteiger partial charge is 0.263 e. The normalized spacial score (nSPS) is 24.8. The van der Waals surface area contributed by atoms with Crippen molar-refractivity contribution in [3.63, 3.8) is 0 Å². The molecule has 0 aliphatic heterocycles. The summed E-state index contributed by atoms with van der Waals surface area (Å²) in [6.07, 6.45) is 9.00. The van der Waals surface area contributed by atoms with Crippen LogP contribution in [-0.4, -0.2) is 34.3 Å². The Bertz CT molecular complexity index is 1670. The third kappa shape index (κ3) is 4.99. The number of hydrogen-bond donors (Lipinski definition) is 2. The average Bonchev–Trinajstić information content (AvgIpc) is 3.41. The molecule has 41 heavy (non-hydrogen) atoms. The lowest BCUT2D eigenvalue weighted by molar-refractivity contribution is -0.00765. The molecule has 0 unspecified atom stereocenters. The molecule has 11 heteroatoms. The quantitative estimate of drug-likeness (QED) is 0.280. The van der Waals surface area contributed by atoms with Gasteiger partial charge in [0.2, 0.25) is 0 Å². The van der Waals surface area contributed by atoms with Gasteiger partial charge in [0.25, 0.3) is 15.9 Å². The fourth-order valence-electron chi connectivity index (χ4n) is 7.53. The molecule has 9 nitrogen and oxygen atoms in total. The van der Waals surface area contributed by atoms with Gasteiger partial charge < -0.3 is 5.32 Å². The zero-order chi connectivity index (χ0) is 28.2. The Hall–Kier alpha value is -3.76. The van der Waals surface area contributed by atoms with Crippen LogP contribution in [0.3, 0.4) is 0 Å². The largest absolute Gasteiger partial charge is 0.322 e. The molecule has 0 saturated heterocycles. The topological polar surface area (TPSA) is 119 Å². The number of sulfonamides is 1. The van der Waals surface area contributed by atoms with E-state index in [0.717, 1.165) is 30.6 Å². The summed E-state index contributed by atoms with van der Waals surface area (Å²) < 4.78 is 29.8. The predicted molar refractivity (Wildman–Crippen MR) is 156 cm³/mol. The summed E-state index contributed by atoms with van der Waals surface area (Å²) in [4.78, 5) is 13.8. The van der Waals surface area contributed by atoms with Gasteiger partial charge in [-0.15, -0.1) is 10.2 Å². The lowest BCUT2D eigenvalue weighted by Gasteiger charge is -2.56. The van der Waals surface area contributed by atoms with Crippen molar-refractivity contribution in [2.24, 2.45) is 17.8 Å². The van der Waals surface area contributed by atoms with Crippen molar-refractivity contribution in [3.05, 3.63) is 89.3 Å². The van der Waals surface area contributed by atoms with E-state index >= 15 is 0 Å². The van der Waals surface area contributed by atoms with Crippen LogP contribution < -0.4 is 10.0 Å². The molecule has 0 radical (unpaired) electrons. The number of nitrogens with zero attached hydrogens (tertiary/aromatic N) is 4. The molecule has 2 aromatic heterocycles. The van der Waals surface area contributed by atoms with E-state index in [4.69, 9.17) is 16.7 Å². The summed E-state index contributed by atoms with van der Waals surface area (Å²) in [6.45, 7) is 0. The van der Waals surface area contributed by atoms with Crippen LogP contribution in [0.15, 0.2) is 77.8 Å². The molecule has 4 aliphatic carbocycles. The number of carbonyl (C=O) groups is 1. The fourth-order valence-corrected chi connectivity index (χ4v) is 8.63. The highest BCUT2D eigenvalue weighted by molar-refractivity contribution is 7.92. The molecule has 1 amide bonds. The second-order valence-electron chi connectivity index (χ2n) is 11.7. The van der Waals surface area contributed by atoms with E-state index in [2.05, 4.69) is 20.2 Å². The van der Waals surface area contributed by atoms with Crippen LogP contribution in [0.25, 0.3) is 5.69 Å². The molecular formula is C30H29ClN6O3S. The number of aromatic nitrogens is 4. The van der Waals surface area contributed by atoms with E-state index in [9.17, 15) is 13.2 Å². The third-order valence-electron chi connectivity index (χ3n) is 8.81. The van der Waals surface area contributed by atoms with Crippen LogP contribution in [0.4, 0.5) is 11.5 Å². The van der Waals surface area contributed by atoms with Gasteiger partial charge in [-0.3, -0.25) is 9.52 Å². The molecule has 4 saturated carbocycles. The molecule has 4 aromatic rings. The van der Waals surface area contributed by atoms with E-state index in [-0.39, 0.29) is 27.2 Å². The van der Waals surface area contributed by atoms with Gasteiger partial charge in [0.15, 0.2) is 11.0 Å². The molecule has 2 aromatic carbocycles. The van der Waals surface area contributed by atoms with Crippen LogP contribution >= 0.6 is 11.6 Å². The van der Waals surface area contributed by atoms with E-state index in [1.54, 1.807) is 12.1 Å². The Morgan fingerprint density at radius 3 is 2.15 bits per heavy atom. The number of anilines is 2. The van der Waals surface area contributed by atoms with Gasteiger partial charge in [-0.05, 0) is 105 Å². The Kier molecular flexibility index (Phi) is 6.35. The number of amides is 1. The molecule has 4 fully saturated rings. The second kappa shape index (κ2) is 9.95. The van der Waals surface area contributed by atoms with Gasteiger partial charge in [-0.1, -0.05) is 29.8 Å². The molecule has 0 spiro atoms. The lowest BCUT2D eigenvalue weighted by Crippen LogP contribution is -2.49. The summed E-state index contributed by atoms with van der Waals surface area (Å²) in [7, 11) is -3.91. The zero-order valence-electron chi connectivity index (χ0n) is 22.2. The predicted octanol–water partition coefficient (Wildman–Crippen LogP) is 5.84. The summed E-state index contributed by atoms with van der Waals surface area (Å²) in [6, 6.07) is 18.8. The van der Waals surface area contributed by atoms with E-state index in [1.807, 2.05) is 41.2 Å². The van der Waals surface area contributed by atoms with Gasteiger partial charge >= 0.3 is 0 Å². The van der Waals surface area contributed by atoms with E-state index < -0.39 is 10.0 Å². The minimum atomic E-state index is -3.91. The summed E-state index contributed by atoms with van der Waals surface area (Å²) >= 11 is 5.73. The third-order valence-corrected chi connectivity index (χ3v) is 10.4. The lowest BCUT2D eigenvalue weighted by atomic mass is 9.48. The van der Waals surface area contributed by atoms with Crippen molar-refractivity contribution in [2.45, 2.75) is 48.8 Å². The van der Waals surface area contributed by atoms with Crippen LogP contribution in [0.2, 0.25) is 5.15 Å². The Balaban J connectivity index is 1.16. The van der Waals surface area contributed by atoms with Gasteiger partial charge in [0.1, 0.15) is 0 Å². The van der Waals surface area contributed by atoms with Crippen molar-refractivity contribution < 1.29 is 13.2 Å².